The topological polar surface area (TPSA) is 66.5 Å². The van der Waals surface area contributed by atoms with Gasteiger partial charge in [0.2, 0.25) is 0 Å². The molecule has 0 unspecified atom stereocenters. The van der Waals surface area contributed by atoms with Crippen molar-refractivity contribution in [2.24, 2.45) is 5.73 Å². The molecule has 3 nitrogen and oxygen atoms in total. The van der Waals surface area contributed by atoms with Gasteiger partial charge in [-0.25, -0.2) is 0 Å². The smallest absolute Gasteiger partial charge is 0.160 e. The lowest BCUT2D eigenvalue weighted by molar-refractivity contribution is 0.400. The molecule has 0 radical (unpaired) electrons. The summed E-state index contributed by atoms with van der Waals surface area (Å²) in [6, 6.07) is 3.47. The minimum atomic E-state index is -0.0597. The van der Waals surface area contributed by atoms with Gasteiger partial charge in [0.15, 0.2) is 11.5 Å². The average molecular weight is 193 g/mol. The van der Waals surface area contributed by atoms with E-state index in [1.165, 1.54) is 0 Å². The molecule has 0 bridgehead atoms. The molecule has 0 heterocycles. The summed E-state index contributed by atoms with van der Waals surface area (Å²) in [5.74, 6) is -0.0835. The number of hydrogen-bond acceptors (Lipinski definition) is 3. The van der Waals surface area contributed by atoms with Gasteiger partial charge in [0, 0.05) is 5.54 Å². The van der Waals surface area contributed by atoms with Crippen LogP contribution in [0, 0.1) is 6.92 Å². The van der Waals surface area contributed by atoms with Crippen molar-refractivity contribution in [3.05, 3.63) is 23.3 Å². The fourth-order valence-electron chi connectivity index (χ4n) is 1.68. The van der Waals surface area contributed by atoms with Gasteiger partial charge in [0.25, 0.3) is 0 Å². The molecule has 1 fully saturated rings. The maximum absolute atomic E-state index is 9.41. The normalized spacial score (nSPS) is 18.1. The highest BCUT2D eigenvalue weighted by Crippen LogP contribution is 2.38. The largest absolute Gasteiger partial charge is 0.504 e. The number of nitrogens with two attached hydrogens (primary N) is 1. The molecule has 76 valence electrons. The molecular formula is C11H15NO2. The van der Waals surface area contributed by atoms with Crippen molar-refractivity contribution in [1.82, 2.24) is 0 Å². The predicted octanol–water partition coefficient (Wildman–Crippen LogP) is 1.44. The van der Waals surface area contributed by atoms with Crippen LogP contribution in [-0.4, -0.2) is 15.8 Å². The summed E-state index contributed by atoms with van der Waals surface area (Å²) < 4.78 is 0. The first kappa shape index (κ1) is 9.34. The second-order valence-electron chi connectivity index (χ2n) is 4.32. The van der Waals surface area contributed by atoms with E-state index >= 15 is 0 Å². The maximum atomic E-state index is 9.41. The molecular weight excluding hydrogens is 178 g/mol. The van der Waals surface area contributed by atoms with E-state index in [0.717, 1.165) is 24.8 Å². The highest BCUT2D eigenvalue weighted by Gasteiger charge is 2.38. The van der Waals surface area contributed by atoms with Crippen molar-refractivity contribution < 1.29 is 10.2 Å². The number of aryl methyl sites for hydroxylation is 1. The molecule has 0 amide bonds. The average Bonchev–Trinajstić information content (AvgIpc) is 2.79. The van der Waals surface area contributed by atoms with Gasteiger partial charge in [-0.15, -0.1) is 0 Å². The van der Waals surface area contributed by atoms with Gasteiger partial charge in [-0.2, -0.15) is 0 Å². The molecule has 14 heavy (non-hydrogen) atoms. The van der Waals surface area contributed by atoms with E-state index in [-0.39, 0.29) is 17.0 Å². The third kappa shape index (κ3) is 1.68. The Labute approximate surface area is 83.2 Å². The monoisotopic (exact) mass is 193 g/mol. The second kappa shape index (κ2) is 2.89. The molecule has 4 N–H and O–H groups in total. The van der Waals surface area contributed by atoms with E-state index < -0.39 is 0 Å². The number of rotatable bonds is 2. The van der Waals surface area contributed by atoms with Crippen molar-refractivity contribution in [1.29, 1.82) is 0 Å². The Bertz CT molecular complexity index is 347. The first-order valence-corrected chi connectivity index (χ1v) is 4.80. The SMILES string of the molecule is Cc1cc(CC2(N)CC2)cc(O)c1O. The van der Waals surface area contributed by atoms with Crippen molar-refractivity contribution in [2.45, 2.75) is 31.7 Å². The van der Waals surface area contributed by atoms with Crippen LogP contribution in [-0.2, 0) is 6.42 Å². The van der Waals surface area contributed by atoms with E-state index in [0.29, 0.717) is 5.56 Å². The lowest BCUT2D eigenvalue weighted by Crippen LogP contribution is -2.24. The van der Waals surface area contributed by atoms with Crippen molar-refractivity contribution in [2.75, 3.05) is 0 Å². The van der Waals surface area contributed by atoms with Gasteiger partial charge in [-0.1, -0.05) is 6.07 Å². The minimum absolute atomic E-state index is 0.0318. The molecule has 0 aliphatic heterocycles. The molecule has 1 saturated carbocycles. The Kier molecular flexibility index (Phi) is 1.93. The number of aromatic hydroxyl groups is 2. The standard InChI is InChI=1S/C11H15NO2/c1-7-4-8(5-9(13)10(7)14)6-11(12)2-3-11/h4-5,13-14H,2-3,6,12H2,1H3. The fraction of sp³-hybridized carbons (Fsp3) is 0.455. The van der Waals surface area contributed by atoms with Crippen LogP contribution in [0.25, 0.3) is 0 Å². The molecule has 1 aromatic rings. The second-order valence-corrected chi connectivity index (χ2v) is 4.32. The lowest BCUT2D eigenvalue weighted by Gasteiger charge is -2.10. The summed E-state index contributed by atoms with van der Waals surface area (Å²) in [6.07, 6.45) is 2.88. The summed E-state index contributed by atoms with van der Waals surface area (Å²) in [7, 11) is 0. The summed E-state index contributed by atoms with van der Waals surface area (Å²) in [4.78, 5) is 0. The molecule has 0 saturated heterocycles. The van der Waals surface area contributed by atoms with Crippen molar-refractivity contribution in [3.63, 3.8) is 0 Å². The van der Waals surface area contributed by atoms with Gasteiger partial charge >= 0.3 is 0 Å². The molecule has 1 aromatic carbocycles. The zero-order valence-corrected chi connectivity index (χ0v) is 8.25. The lowest BCUT2D eigenvalue weighted by atomic mass is 10.0. The third-order valence-corrected chi connectivity index (χ3v) is 2.79. The Morgan fingerprint density at radius 2 is 2.00 bits per heavy atom. The van der Waals surface area contributed by atoms with Crippen LogP contribution in [0.5, 0.6) is 11.5 Å². The molecule has 2 rings (SSSR count). The number of phenols is 2. The Morgan fingerprint density at radius 3 is 2.50 bits per heavy atom. The van der Waals surface area contributed by atoms with E-state index in [4.69, 9.17) is 5.73 Å². The third-order valence-electron chi connectivity index (χ3n) is 2.79. The number of benzene rings is 1. The molecule has 3 heteroatoms. The van der Waals surface area contributed by atoms with Gasteiger partial charge < -0.3 is 15.9 Å². The Morgan fingerprint density at radius 1 is 1.36 bits per heavy atom. The summed E-state index contributed by atoms with van der Waals surface area (Å²) >= 11 is 0. The molecule has 0 atom stereocenters. The number of phenolic OH excluding ortho intramolecular Hbond substituents is 2. The molecule has 1 aliphatic rings. The van der Waals surface area contributed by atoms with Crippen LogP contribution >= 0.6 is 0 Å². The van der Waals surface area contributed by atoms with E-state index in [1.807, 2.05) is 6.07 Å². The van der Waals surface area contributed by atoms with Crippen LogP contribution in [0.1, 0.15) is 24.0 Å². The fourth-order valence-corrected chi connectivity index (χ4v) is 1.68. The van der Waals surface area contributed by atoms with Crippen LogP contribution in [0.3, 0.4) is 0 Å². The first-order chi connectivity index (χ1) is 6.50. The molecule has 0 spiro atoms. The highest BCUT2D eigenvalue weighted by atomic mass is 16.3. The van der Waals surface area contributed by atoms with Gasteiger partial charge in [-0.3, -0.25) is 0 Å². The number of hydrogen-bond donors (Lipinski definition) is 3. The summed E-state index contributed by atoms with van der Waals surface area (Å²) in [6.45, 7) is 1.77. The van der Waals surface area contributed by atoms with Crippen molar-refractivity contribution in [3.8, 4) is 11.5 Å². The van der Waals surface area contributed by atoms with Crippen LogP contribution in [0.4, 0.5) is 0 Å². The minimum Gasteiger partial charge on any atom is -0.504 e. The molecule has 1 aliphatic carbocycles. The van der Waals surface area contributed by atoms with E-state index in [1.54, 1.807) is 13.0 Å². The van der Waals surface area contributed by atoms with Gasteiger partial charge in [0.05, 0.1) is 0 Å². The zero-order valence-electron chi connectivity index (χ0n) is 8.25. The Hall–Kier alpha value is -1.22. The van der Waals surface area contributed by atoms with E-state index in [9.17, 15) is 10.2 Å². The van der Waals surface area contributed by atoms with Gasteiger partial charge in [0.1, 0.15) is 0 Å². The quantitative estimate of drug-likeness (QED) is 0.622. The van der Waals surface area contributed by atoms with Crippen LogP contribution < -0.4 is 5.73 Å². The predicted molar refractivity (Wildman–Crippen MR) is 54.4 cm³/mol. The summed E-state index contributed by atoms with van der Waals surface area (Å²) in [5, 5.41) is 18.8. The van der Waals surface area contributed by atoms with Gasteiger partial charge in [-0.05, 0) is 43.4 Å². The summed E-state index contributed by atoms with van der Waals surface area (Å²) in [5.41, 5.74) is 7.61. The first-order valence-electron chi connectivity index (χ1n) is 4.80. The maximum Gasteiger partial charge on any atom is 0.160 e. The Balaban J connectivity index is 2.26. The van der Waals surface area contributed by atoms with Crippen molar-refractivity contribution >= 4 is 0 Å². The molecule has 0 aromatic heterocycles. The van der Waals surface area contributed by atoms with E-state index in [2.05, 4.69) is 0 Å². The van der Waals surface area contributed by atoms with Crippen LogP contribution in [0.2, 0.25) is 0 Å². The zero-order chi connectivity index (χ0) is 10.3. The van der Waals surface area contributed by atoms with Crippen LogP contribution in [0.15, 0.2) is 12.1 Å². The highest BCUT2D eigenvalue weighted by molar-refractivity contribution is 5.47.